The van der Waals surface area contributed by atoms with Gasteiger partial charge in [0.2, 0.25) is 0 Å². The van der Waals surface area contributed by atoms with Gasteiger partial charge in [-0.2, -0.15) is 0 Å². The third-order valence-electron chi connectivity index (χ3n) is 3.14. The first-order valence-corrected chi connectivity index (χ1v) is 7.18. The number of halogens is 1. The molecule has 0 aliphatic rings. The number of hydrogen-bond acceptors (Lipinski definition) is 3. The van der Waals surface area contributed by atoms with Crippen LogP contribution >= 0.6 is 11.6 Å². The number of benzene rings is 1. The molecule has 2 aromatic rings. The molecule has 0 aliphatic heterocycles. The minimum atomic E-state index is 0.594. The zero-order chi connectivity index (χ0) is 14.4. The first-order chi connectivity index (χ1) is 9.72. The Hall–Kier alpha value is -1.52. The van der Waals surface area contributed by atoms with Crippen LogP contribution in [0.4, 0.5) is 0 Å². The minimum Gasteiger partial charge on any atom is -0.491 e. The first-order valence-electron chi connectivity index (χ1n) is 6.81. The van der Waals surface area contributed by atoms with E-state index in [9.17, 15) is 0 Å². The molecule has 1 aromatic heterocycles. The van der Waals surface area contributed by atoms with E-state index in [0.29, 0.717) is 6.61 Å². The van der Waals surface area contributed by atoms with Crippen LogP contribution in [-0.4, -0.2) is 22.7 Å². The number of rotatable bonds is 7. The highest BCUT2D eigenvalue weighted by Gasteiger charge is 2.08. The van der Waals surface area contributed by atoms with E-state index in [1.807, 2.05) is 31.3 Å². The van der Waals surface area contributed by atoms with Crippen molar-refractivity contribution in [2.75, 3.05) is 13.2 Å². The number of imidazole rings is 1. The van der Waals surface area contributed by atoms with E-state index >= 15 is 0 Å². The van der Waals surface area contributed by atoms with Crippen molar-refractivity contribution in [1.82, 2.24) is 14.9 Å². The molecule has 0 unspecified atom stereocenters. The summed E-state index contributed by atoms with van der Waals surface area (Å²) in [5.41, 5.74) is 1.01. The van der Waals surface area contributed by atoms with Gasteiger partial charge in [-0.1, -0.05) is 24.6 Å². The molecule has 20 heavy (non-hydrogen) atoms. The highest BCUT2D eigenvalue weighted by molar-refractivity contribution is 6.31. The standard InChI is InChI=1S/C15H20ClN3O/c1-3-17-11-13-14(16)5-4-6-15(13)20-10-9-19-8-7-18-12(19)2/h4-8,17H,3,9-11H2,1-2H3. The fraction of sp³-hybridized carbons (Fsp3) is 0.400. The normalized spacial score (nSPS) is 10.8. The monoisotopic (exact) mass is 293 g/mol. The van der Waals surface area contributed by atoms with Crippen molar-refractivity contribution in [3.63, 3.8) is 0 Å². The van der Waals surface area contributed by atoms with Crippen molar-refractivity contribution in [3.8, 4) is 5.75 Å². The Labute approximate surface area is 124 Å². The fourth-order valence-corrected chi connectivity index (χ4v) is 2.22. The second-order valence-corrected chi connectivity index (χ2v) is 4.92. The molecule has 4 nitrogen and oxygen atoms in total. The number of aryl methyl sites for hydroxylation is 1. The Bertz CT molecular complexity index is 554. The lowest BCUT2D eigenvalue weighted by Gasteiger charge is -2.14. The van der Waals surface area contributed by atoms with Crippen LogP contribution < -0.4 is 10.1 Å². The Morgan fingerprint density at radius 1 is 1.40 bits per heavy atom. The van der Waals surface area contributed by atoms with Gasteiger partial charge in [0, 0.05) is 29.5 Å². The summed E-state index contributed by atoms with van der Waals surface area (Å²) >= 11 is 6.23. The summed E-state index contributed by atoms with van der Waals surface area (Å²) in [6.45, 7) is 7.04. The molecule has 0 atom stereocenters. The molecule has 0 saturated carbocycles. The van der Waals surface area contributed by atoms with Crippen molar-refractivity contribution in [2.24, 2.45) is 0 Å². The van der Waals surface area contributed by atoms with Gasteiger partial charge in [-0.25, -0.2) is 4.98 Å². The highest BCUT2D eigenvalue weighted by atomic mass is 35.5. The topological polar surface area (TPSA) is 39.1 Å². The zero-order valence-corrected chi connectivity index (χ0v) is 12.7. The molecule has 2 rings (SSSR count). The summed E-state index contributed by atoms with van der Waals surface area (Å²) in [6, 6.07) is 5.76. The molecule has 0 saturated heterocycles. The van der Waals surface area contributed by atoms with Crippen LogP contribution in [0.15, 0.2) is 30.6 Å². The van der Waals surface area contributed by atoms with E-state index in [1.54, 1.807) is 6.20 Å². The van der Waals surface area contributed by atoms with Crippen molar-refractivity contribution in [1.29, 1.82) is 0 Å². The van der Waals surface area contributed by atoms with Crippen LogP contribution in [0.1, 0.15) is 18.3 Å². The third-order valence-corrected chi connectivity index (χ3v) is 3.50. The maximum Gasteiger partial charge on any atom is 0.125 e. The quantitative estimate of drug-likeness (QED) is 0.853. The Balaban J connectivity index is 1.98. The second kappa shape index (κ2) is 7.31. The van der Waals surface area contributed by atoms with Crippen molar-refractivity contribution in [3.05, 3.63) is 47.0 Å². The molecule has 0 aliphatic carbocycles. The van der Waals surface area contributed by atoms with E-state index in [1.165, 1.54) is 0 Å². The summed E-state index contributed by atoms with van der Waals surface area (Å²) in [7, 11) is 0. The van der Waals surface area contributed by atoms with Crippen LogP contribution in [0.5, 0.6) is 5.75 Å². The van der Waals surface area contributed by atoms with Crippen LogP contribution in [-0.2, 0) is 13.1 Å². The van der Waals surface area contributed by atoms with Crippen molar-refractivity contribution in [2.45, 2.75) is 26.9 Å². The van der Waals surface area contributed by atoms with Gasteiger partial charge >= 0.3 is 0 Å². The number of nitrogens with one attached hydrogen (secondary N) is 1. The Kier molecular flexibility index (Phi) is 5.44. The molecule has 1 aromatic carbocycles. The SMILES string of the molecule is CCNCc1c(Cl)cccc1OCCn1ccnc1C. The lowest BCUT2D eigenvalue weighted by Crippen LogP contribution is -2.14. The summed E-state index contributed by atoms with van der Waals surface area (Å²) < 4.78 is 7.93. The van der Waals surface area contributed by atoms with Gasteiger partial charge in [0.15, 0.2) is 0 Å². The number of aromatic nitrogens is 2. The molecule has 0 bridgehead atoms. The van der Waals surface area contributed by atoms with E-state index in [4.69, 9.17) is 16.3 Å². The number of hydrogen-bond donors (Lipinski definition) is 1. The fourth-order valence-electron chi connectivity index (χ4n) is 1.99. The average Bonchev–Trinajstić information content (AvgIpc) is 2.84. The summed E-state index contributed by atoms with van der Waals surface area (Å²) in [5.74, 6) is 1.84. The van der Waals surface area contributed by atoms with Gasteiger partial charge < -0.3 is 14.6 Å². The average molecular weight is 294 g/mol. The predicted molar refractivity (Wildman–Crippen MR) is 81.3 cm³/mol. The van der Waals surface area contributed by atoms with Crippen molar-refractivity contribution >= 4 is 11.6 Å². The van der Waals surface area contributed by atoms with Crippen LogP contribution in [0.3, 0.4) is 0 Å². The first kappa shape index (κ1) is 14.9. The van der Waals surface area contributed by atoms with E-state index in [-0.39, 0.29) is 0 Å². The molecular weight excluding hydrogens is 274 g/mol. The Morgan fingerprint density at radius 3 is 2.95 bits per heavy atom. The summed E-state index contributed by atoms with van der Waals surface area (Å²) in [5, 5.41) is 4.02. The molecule has 5 heteroatoms. The van der Waals surface area contributed by atoms with Gasteiger partial charge in [-0.3, -0.25) is 0 Å². The Morgan fingerprint density at radius 2 is 2.25 bits per heavy atom. The van der Waals surface area contributed by atoms with Gasteiger partial charge in [0.05, 0.1) is 6.54 Å². The van der Waals surface area contributed by atoms with Crippen molar-refractivity contribution < 1.29 is 4.74 Å². The van der Waals surface area contributed by atoms with E-state index in [2.05, 4.69) is 21.8 Å². The number of ether oxygens (including phenoxy) is 1. The molecule has 1 heterocycles. The zero-order valence-electron chi connectivity index (χ0n) is 11.9. The molecular formula is C15H20ClN3O. The molecule has 108 valence electrons. The highest BCUT2D eigenvalue weighted by Crippen LogP contribution is 2.26. The summed E-state index contributed by atoms with van der Waals surface area (Å²) in [6.07, 6.45) is 3.75. The number of nitrogens with zero attached hydrogens (tertiary/aromatic N) is 2. The van der Waals surface area contributed by atoms with E-state index < -0.39 is 0 Å². The van der Waals surface area contributed by atoms with Crippen LogP contribution in [0, 0.1) is 6.92 Å². The lowest BCUT2D eigenvalue weighted by atomic mass is 10.2. The molecule has 0 amide bonds. The lowest BCUT2D eigenvalue weighted by molar-refractivity contribution is 0.293. The van der Waals surface area contributed by atoms with Crippen LogP contribution in [0.25, 0.3) is 0 Å². The van der Waals surface area contributed by atoms with Gasteiger partial charge in [-0.05, 0) is 25.6 Å². The van der Waals surface area contributed by atoms with Gasteiger partial charge in [0.1, 0.15) is 18.2 Å². The maximum atomic E-state index is 6.23. The molecule has 1 N–H and O–H groups in total. The third kappa shape index (κ3) is 3.74. The largest absolute Gasteiger partial charge is 0.491 e. The van der Waals surface area contributed by atoms with E-state index in [0.717, 1.165) is 41.8 Å². The molecule has 0 fully saturated rings. The van der Waals surface area contributed by atoms with Crippen LogP contribution in [0.2, 0.25) is 5.02 Å². The summed E-state index contributed by atoms with van der Waals surface area (Å²) in [4.78, 5) is 4.19. The predicted octanol–water partition coefficient (Wildman–Crippen LogP) is 3.03. The maximum absolute atomic E-state index is 6.23. The molecule has 0 radical (unpaired) electrons. The second-order valence-electron chi connectivity index (χ2n) is 4.51. The smallest absolute Gasteiger partial charge is 0.125 e. The minimum absolute atomic E-state index is 0.594. The molecule has 0 spiro atoms. The van der Waals surface area contributed by atoms with Gasteiger partial charge in [-0.15, -0.1) is 0 Å². The van der Waals surface area contributed by atoms with Gasteiger partial charge in [0.25, 0.3) is 0 Å².